The Bertz CT molecular complexity index is 589. The lowest BCUT2D eigenvalue weighted by Gasteiger charge is -2.18. The van der Waals surface area contributed by atoms with Crippen LogP contribution in [-0.2, 0) is 6.54 Å². The second-order valence-electron chi connectivity index (χ2n) is 5.69. The molecule has 0 spiro atoms. The third-order valence-electron chi connectivity index (χ3n) is 2.67. The van der Waals surface area contributed by atoms with E-state index < -0.39 is 0 Å². The van der Waals surface area contributed by atoms with Gasteiger partial charge in [-0.3, -0.25) is 0 Å². The van der Waals surface area contributed by atoms with Crippen molar-refractivity contribution < 1.29 is 4.42 Å². The van der Waals surface area contributed by atoms with Crippen LogP contribution in [0.15, 0.2) is 27.1 Å². The molecule has 2 rings (SSSR count). The van der Waals surface area contributed by atoms with Crippen molar-refractivity contribution >= 4 is 27.6 Å². The summed E-state index contributed by atoms with van der Waals surface area (Å²) in [7, 11) is 0. The van der Waals surface area contributed by atoms with Crippen LogP contribution in [0.1, 0.15) is 32.2 Å². The van der Waals surface area contributed by atoms with Gasteiger partial charge in [-0.25, -0.2) is 0 Å². The van der Waals surface area contributed by atoms with E-state index in [1.807, 2.05) is 25.1 Å². The molecule has 0 atom stereocenters. The summed E-state index contributed by atoms with van der Waals surface area (Å²) in [4.78, 5) is 0. The van der Waals surface area contributed by atoms with Gasteiger partial charge in [0.15, 0.2) is 0 Å². The first kappa shape index (κ1) is 15.0. The van der Waals surface area contributed by atoms with Gasteiger partial charge < -0.3 is 15.1 Å². The van der Waals surface area contributed by atoms with E-state index in [-0.39, 0.29) is 5.54 Å². The second-order valence-corrected chi connectivity index (χ2v) is 6.60. The molecular weight excluding hydrogens is 320 g/mol. The third-order valence-corrected chi connectivity index (χ3v) is 3.16. The van der Waals surface area contributed by atoms with Crippen LogP contribution in [0, 0.1) is 6.92 Å². The number of aryl methyl sites for hydroxylation is 1. The van der Waals surface area contributed by atoms with Gasteiger partial charge in [-0.1, -0.05) is 21.0 Å². The van der Waals surface area contributed by atoms with E-state index in [9.17, 15) is 0 Å². The second kappa shape index (κ2) is 5.93. The summed E-state index contributed by atoms with van der Waals surface area (Å²) in [5.41, 5.74) is 2.07. The van der Waals surface area contributed by atoms with E-state index in [4.69, 9.17) is 4.42 Å². The zero-order valence-electron chi connectivity index (χ0n) is 12.1. The van der Waals surface area contributed by atoms with E-state index in [1.165, 1.54) is 0 Å². The molecular formula is C14H19BrN4O. The first-order valence-corrected chi connectivity index (χ1v) is 7.23. The molecule has 0 saturated heterocycles. The van der Waals surface area contributed by atoms with Gasteiger partial charge in [0, 0.05) is 15.7 Å². The number of hydrogen-bond acceptors (Lipinski definition) is 5. The summed E-state index contributed by atoms with van der Waals surface area (Å²) in [5.74, 6) is 0.567. The van der Waals surface area contributed by atoms with Crippen LogP contribution >= 0.6 is 15.9 Å². The molecule has 0 fully saturated rings. The van der Waals surface area contributed by atoms with Crippen molar-refractivity contribution in [2.75, 3.05) is 5.32 Å². The zero-order valence-corrected chi connectivity index (χ0v) is 13.7. The van der Waals surface area contributed by atoms with Gasteiger partial charge in [0.25, 0.3) is 0 Å². The minimum atomic E-state index is 0.0182. The van der Waals surface area contributed by atoms with Crippen LogP contribution in [0.25, 0.3) is 0 Å². The fraction of sp³-hybridized carbons (Fsp3) is 0.429. The molecule has 2 N–H and O–H groups in total. The number of benzene rings is 1. The Balaban J connectivity index is 2.02. The predicted octanol–water partition coefficient (Wildman–Crippen LogP) is 3.77. The Morgan fingerprint density at radius 1 is 1.25 bits per heavy atom. The Kier molecular flexibility index (Phi) is 4.45. The lowest BCUT2D eigenvalue weighted by molar-refractivity contribution is 0.384. The van der Waals surface area contributed by atoms with Crippen molar-refractivity contribution in [3.8, 4) is 0 Å². The van der Waals surface area contributed by atoms with E-state index in [0.29, 0.717) is 18.5 Å². The van der Waals surface area contributed by atoms with Crippen LogP contribution in [0.3, 0.4) is 0 Å². The summed E-state index contributed by atoms with van der Waals surface area (Å²) in [5, 5.41) is 14.4. The number of rotatable bonds is 4. The highest BCUT2D eigenvalue weighted by molar-refractivity contribution is 9.10. The van der Waals surface area contributed by atoms with Crippen LogP contribution in [0.5, 0.6) is 0 Å². The van der Waals surface area contributed by atoms with Crippen molar-refractivity contribution in [2.45, 2.75) is 39.8 Å². The Labute approximate surface area is 127 Å². The lowest BCUT2D eigenvalue weighted by atomic mass is 10.1. The first-order valence-electron chi connectivity index (χ1n) is 6.44. The zero-order chi connectivity index (χ0) is 14.8. The lowest BCUT2D eigenvalue weighted by Crippen LogP contribution is -2.35. The van der Waals surface area contributed by atoms with Crippen molar-refractivity contribution in [3.63, 3.8) is 0 Å². The molecule has 108 valence electrons. The minimum Gasteiger partial charge on any atom is -0.406 e. The number of nitrogens with one attached hydrogen (secondary N) is 2. The molecule has 1 heterocycles. The third kappa shape index (κ3) is 4.31. The van der Waals surface area contributed by atoms with Crippen LogP contribution in [-0.4, -0.2) is 15.7 Å². The largest absolute Gasteiger partial charge is 0.406 e. The maximum atomic E-state index is 5.56. The summed E-state index contributed by atoms with van der Waals surface area (Å²) in [6.07, 6.45) is 0. The maximum Gasteiger partial charge on any atom is 0.320 e. The molecule has 0 bridgehead atoms. The van der Waals surface area contributed by atoms with E-state index in [1.54, 1.807) is 0 Å². The highest BCUT2D eigenvalue weighted by Crippen LogP contribution is 2.23. The van der Waals surface area contributed by atoms with Gasteiger partial charge in [-0.2, -0.15) is 0 Å². The molecule has 0 saturated carbocycles. The maximum absolute atomic E-state index is 5.56. The topological polar surface area (TPSA) is 63.0 Å². The van der Waals surface area contributed by atoms with Crippen LogP contribution in [0.2, 0.25) is 0 Å². The standard InChI is InChI=1S/C14H19BrN4O/c1-9-7-10(15)5-6-11(9)17-13-19-18-12(20-13)8-16-14(2,3)4/h5-7,16H,8H2,1-4H3,(H,17,19). The van der Waals surface area contributed by atoms with E-state index in [0.717, 1.165) is 15.7 Å². The van der Waals surface area contributed by atoms with Gasteiger partial charge in [0.1, 0.15) is 0 Å². The number of hydrogen-bond donors (Lipinski definition) is 2. The average Bonchev–Trinajstić information content (AvgIpc) is 2.77. The number of aromatic nitrogens is 2. The number of anilines is 2. The van der Waals surface area contributed by atoms with Crippen molar-refractivity contribution in [2.24, 2.45) is 0 Å². The van der Waals surface area contributed by atoms with Gasteiger partial charge >= 0.3 is 6.01 Å². The summed E-state index contributed by atoms with van der Waals surface area (Å²) >= 11 is 3.44. The molecule has 1 aromatic carbocycles. The van der Waals surface area contributed by atoms with Gasteiger partial charge in [0.2, 0.25) is 5.89 Å². The van der Waals surface area contributed by atoms with Crippen molar-refractivity contribution in [1.29, 1.82) is 0 Å². The Morgan fingerprint density at radius 3 is 2.65 bits per heavy atom. The van der Waals surface area contributed by atoms with Gasteiger partial charge in [-0.15, -0.1) is 5.10 Å². The molecule has 0 radical (unpaired) electrons. The smallest absolute Gasteiger partial charge is 0.320 e. The summed E-state index contributed by atoms with van der Waals surface area (Å²) < 4.78 is 6.60. The molecule has 20 heavy (non-hydrogen) atoms. The average molecular weight is 339 g/mol. The molecule has 0 amide bonds. The highest BCUT2D eigenvalue weighted by atomic mass is 79.9. The molecule has 0 unspecified atom stereocenters. The molecule has 2 aromatic rings. The summed E-state index contributed by atoms with van der Waals surface area (Å²) in [6, 6.07) is 6.37. The predicted molar refractivity (Wildman–Crippen MR) is 83.1 cm³/mol. The first-order chi connectivity index (χ1) is 9.33. The quantitative estimate of drug-likeness (QED) is 0.888. The van der Waals surface area contributed by atoms with Crippen LogP contribution in [0.4, 0.5) is 11.7 Å². The monoisotopic (exact) mass is 338 g/mol. The molecule has 0 aliphatic rings. The molecule has 1 aromatic heterocycles. The fourth-order valence-electron chi connectivity index (χ4n) is 1.60. The minimum absolute atomic E-state index is 0.0182. The Hall–Kier alpha value is -1.40. The summed E-state index contributed by atoms with van der Waals surface area (Å²) in [6.45, 7) is 8.85. The molecule has 0 aliphatic heterocycles. The van der Waals surface area contributed by atoms with Crippen LogP contribution < -0.4 is 10.6 Å². The normalized spacial score (nSPS) is 11.7. The SMILES string of the molecule is Cc1cc(Br)ccc1Nc1nnc(CNC(C)(C)C)o1. The molecule has 5 nitrogen and oxygen atoms in total. The van der Waals surface area contributed by atoms with Gasteiger partial charge in [0.05, 0.1) is 6.54 Å². The Morgan fingerprint density at radius 2 is 2.00 bits per heavy atom. The van der Waals surface area contributed by atoms with E-state index in [2.05, 4.69) is 57.5 Å². The van der Waals surface area contributed by atoms with Crippen molar-refractivity contribution in [1.82, 2.24) is 15.5 Å². The van der Waals surface area contributed by atoms with Crippen molar-refractivity contribution in [3.05, 3.63) is 34.1 Å². The molecule has 0 aliphatic carbocycles. The highest BCUT2D eigenvalue weighted by Gasteiger charge is 2.12. The fourth-order valence-corrected chi connectivity index (χ4v) is 2.07. The number of halogens is 1. The van der Waals surface area contributed by atoms with E-state index >= 15 is 0 Å². The number of nitrogens with zero attached hydrogens (tertiary/aromatic N) is 2. The van der Waals surface area contributed by atoms with Gasteiger partial charge in [-0.05, 0) is 51.5 Å². The molecule has 6 heteroatoms.